The molecule has 1 unspecified atom stereocenters. The Bertz CT molecular complexity index is 583. The molecular formula is C21H40N2O5P+. The summed E-state index contributed by atoms with van der Waals surface area (Å²) in [6, 6.07) is 0. The Balaban J connectivity index is 1.25. The van der Waals surface area contributed by atoms with Crippen molar-refractivity contribution >= 4 is 13.7 Å². The van der Waals surface area contributed by atoms with E-state index >= 15 is 0 Å². The van der Waals surface area contributed by atoms with Crippen LogP contribution in [0.25, 0.3) is 0 Å². The number of quaternary nitrogens is 1. The highest BCUT2D eigenvalue weighted by atomic mass is 31.2. The predicted octanol–water partition coefficient (Wildman–Crippen LogP) is 3.47. The van der Waals surface area contributed by atoms with Gasteiger partial charge < -0.3 is 14.7 Å². The zero-order valence-electron chi connectivity index (χ0n) is 18.4. The van der Waals surface area contributed by atoms with E-state index < -0.39 is 7.82 Å². The summed E-state index contributed by atoms with van der Waals surface area (Å²) in [6.07, 6.45) is 10.4. The van der Waals surface area contributed by atoms with Crippen LogP contribution in [0.3, 0.4) is 0 Å². The van der Waals surface area contributed by atoms with Crippen molar-refractivity contribution in [1.29, 1.82) is 0 Å². The highest BCUT2D eigenvalue weighted by molar-refractivity contribution is 7.47. The molecule has 0 saturated heterocycles. The van der Waals surface area contributed by atoms with Gasteiger partial charge in [-0.1, -0.05) is 6.42 Å². The molecule has 4 bridgehead atoms. The summed E-state index contributed by atoms with van der Waals surface area (Å²) in [5.74, 6) is 2.66. The van der Waals surface area contributed by atoms with Crippen molar-refractivity contribution in [3.8, 4) is 0 Å². The third-order valence-electron chi connectivity index (χ3n) is 6.76. The molecule has 0 aromatic rings. The van der Waals surface area contributed by atoms with Gasteiger partial charge in [0.15, 0.2) is 0 Å². The van der Waals surface area contributed by atoms with Crippen LogP contribution >= 0.6 is 7.82 Å². The van der Waals surface area contributed by atoms with Crippen molar-refractivity contribution < 1.29 is 27.8 Å². The molecule has 4 aliphatic carbocycles. The number of likely N-dealkylation sites (N-methyl/N-ethyl adjacent to an activating group) is 1. The second kappa shape index (κ2) is 9.35. The van der Waals surface area contributed by atoms with Crippen LogP contribution in [-0.4, -0.2) is 61.7 Å². The van der Waals surface area contributed by atoms with E-state index in [2.05, 4.69) is 5.32 Å². The zero-order chi connectivity index (χ0) is 21.1. The van der Waals surface area contributed by atoms with Gasteiger partial charge in [-0.05, 0) is 69.1 Å². The van der Waals surface area contributed by atoms with Gasteiger partial charge in [-0.2, -0.15) is 0 Å². The number of phosphoric acid groups is 1. The quantitative estimate of drug-likeness (QED) is 0.281. The van der Waals surface area contributed by atoms with Crippen molar-refractivity contribution in [2.24, 2.45) is 17.8 Å². The van der Waals surface area contributed by atoms with Gasteiger partial charge in [0.05, 0.1) is 27.7 Å². The number of nitrogens with one attached hydrogen (secondary N) is 1. The molecule has 4 fully saturated rings. The first-order valence-corrected chi connectivity index (χ1v) is 12.8. The summed E-state index contributed by atoms with van der Waals surface area (Å²) < 4.78 is 22.5. The highest BCUT2D eigenvalue weighted by Gasteiger charge is 2.51. The maximum Gasteiger partial charge on any atom is 0.472 e. The van der Waals surface area contributed by atoms with Crippen LogP contribution < -0.4 is 5.32 Å². The number of amides is 1. The second-order valence-electron chi connectivity index (χ2n) is 10.7. The second-order valence-corrected chi connectivity index (χ2v) is 12.2. The number of nitrogens with zero attached hydrogens (tertiary/aromatic N) is 1. The lowest BCUT2D eigenvalue weighted by molar-refractivity contribution is -0.870. The predicted molar refractivity (Wildman–Crippen MR) is 112 cm³/mol. The maximum absolute atomic E-state index is 12.5. The molecule has 4 aliphatic rings. The van der Waals surface area contributed by atoms with Crippen molar-refractivity contribution in [2.45, 2.75) is 69.7 Å². The minimum Gasteiger partial charge on any atom is -0.351 e. The lowest BCUT2D eigenvalue weighted by Gasteiger charge is -2.56. The van der Waals surface area contributed by atoms with Gasteiger partial charge in [0.2, 0.25) is 5.91 Å². The molecule has 0 radical (unpaired) electrons. The fourth-order valence-corrected chi connectivity index (χ4v) is 6.58. The fourth-order valence-electron chi connectivity index (χ4n) is 5.83. The molecule has 168 valence electrons. The first-order valence-electron chi connectivity index (χ1n) is 11.3. The molecule has 2 N–H and O–H groups in total. The lowest BCUT2D eigenvalue weighted by atomic mass is 9.53. The SMILES string of the molecule is C[N+](C)(C)CCOP(=O)(O)OCCCCCC(=O)NC12CC3CC(CC(C3)C1)C2. The molecule has 0 aromatic heterocycles. The monoisotopic (exact) mass is 431 g/mol. The Hall–Kier alpha value is -0.460. The molecule has 0 aliphatic heterocycles. The van der Waals surface area contributed by atoms with E-state index in [4.69, 9.17) is 9.05 Å². The van der Waals surface area contributed by atoms with Gasteiger partial charge >= 0.3 is 7.82 Å². The van der Waals surface area contributed by atoms with Crippen molar-refractivity contribution in [3.63, 3.8) is 0 Å². The van der Waals surface area contributed by atoms with Crippen LogP contribution in [0.2, 0.25) is 0 Å². The number of carbonyl (C=O) groups excluding carboxylic acids is 1. The topological polar surface area (TPSA) is 84.9 Å². The van der Waals surface area contributed by atoms with Crippen LogP contribution in [-0.2, 0) is 18.4 Å². The van der Waals surface area contributed by atoms with Crippen molar-refractivity contribution in [3.05, 3.63) is 0 Å². The summed E-state index contributed by atoms with van der Waals surface area (Å²) in [5, 5.41) is 3.40. The smallest absolute Gasteiger partial charge is 0.351 e. The average molecular weight is 432 g/mol. The summed E-state index contributed by atoms with van der Waals surface area (Å²) in [7, 11) is 2.00. The van der Waals surface area contributed by atoms with Crippen LogP contribution in [0, 0.1) is 17.8 Å². The number of rotatable bonds is 12. The van der Waals surface area contributed by atoms with Crippen LogP contribution in [0.15, 0.2) is 0 Å². The number of hydrogen-bond donors (Lipinski definition) is 2. The third-order valence-corrected chi connectivity index (χ3v) is 7.78. The van der Waals surface area contributed by atoms with E-state index in [1.165, 1.54) is 38.5 Å². The fraction of sp³-hybridized carbons (Fsp3) is 0.952. The Morgan fingerprint density at radius 1 is 1.00 bits per heavy atom. The van der Waals surface area contributed by atoms with Crippen molar-refractivity contribution in [1.82, 2.24) is 5.32 Å². The summed E-state index contributed by atoms with van der Waals surface area (Å²) in [4.78, 5) is 22.2. The van der Waals surface area contributed by atoms with Gasteiger partial charge in [-0.25, -0.2) is 4.57 Å². The lowest BCUT2D eigenvalue weighted by Crippen LogP contribution is -2.59. The van der Waals surface area contributed by atoms with Gasteiger partial charge in [0, 0.05) is 12.0 Å². The normalized spacial score (nSPS) is 32.9. The Morgan fingerprint density at radius 2 is 1.55 bits per heavy atom. The third kappa shape index (κ3) is 7.32. The number of phosphoric ester groups is 1. The first kappa shape index (κ1) is 23.2. The van der Waals surface area contributed by atoms with E-state index in [9.17, 15) is 14.3 Å². The molecule has 4 rings (SSSR count). The Labute approximate surface area is 175 Å². The molecule has 7 nitrogen and oxygen atoms in total. The van der Waals surface area contributed by atoms with E-state index in [1.54, 1.807) is 0 Å². The molecule has 0 heterocycles. The van der Waals surface area contributed by atoms with Gasteiger partial charge in [-0.15, -0.1) is 0 Å². The van der Waals surface area contributed by atoms with Gasteiger partial charge in [-0.3, -0.25) is 13.8 Å². The van der Waals surface area contributed by atoms with Crippen LogP contribution in [0.1, 0.15) is 64.2 Å². The largest absolute Gasteiger partial charge is 0.472 e. The molecule has 1 amide bonds. The molecule has 0 aromatic carbocycles. The van der Waals surface area contributed by atoms with E-state index in [0.717, 1.165) is 30.6 Å². The van der Waals surface area contributed by atoms with E-state index in [0.29, 0.717) is 23.9 Å². The maximum atomic E-state index is 12.5. The highest BCUT2D eigenvalue weighted by Crippen LogP contribution is 2.55. The molecular weight excluding hydrogens is 391 g/mol. The molecule has 8 heteroatoms. The standard InChI is InChI=1S/C21H39N2O5P/c1-23(2,3)8-10-28-29(25,26)27-9-6-4-5-7-20(24)22-21-14-17-11-18(15-21)13-19(12-17)16-21/h17-19H,4-16H2,1-3H3,(H-,22,24,25,26)/p+1. The zero-order valence-corrected chi connectivity index (χ0v) is 19.3. The summed E-state index contributed by atoms with van der Waals surface area (Å²) >= 11 is 0. The first-order chi connectivity index (χ1) is 13.5. The van der Waals surface area contributed by atoms with E-state index in [-0.39, 0.29) is 24.7 Å². The number of carbonyl (C=O) groups is 1. The minimum absolute atomic E-state index is 0.0849. The van der Waals surface area contributed by atoms with Gasteiger partial charge in [0.1, 0.15) is 13.2 Å². The minimum atomic E-state index is -3.97. The van der Waals surface area contributed by atoms with Gasteiger partial charge in [0.25, 0.3) is 0 Å². The van der Waals surface area contributed by atoms with Crippen LogP contribution in [0.5, 0.6) is 0 Å². The Morgan fingerprint density at radius 3 is 2.10 bits per heavy atom. The van der Waals surface area contributed by atoms with E-state index in [1.807, 2.05) is 21.1 Å². The summed E-state index contributed by atoms with van der Waals surface area (Å²) in [6.45, 7) is 0.989. The molecule has 4 saturated carbocycles. The number of hydrogen-bond acceptors (Lipinski definition) is 4. The van der Waals surface area contributed by atoms with Crippen LogP contribution in [0.4, 0.5) is 0 Å². The average Bonchev–Trinajstić information content (AvgIpc) is 2.54. The number of unbranched alkanes of at least 4 members (excludes halogenated alkanes) is 2. The molecule has 29 heavy (non-hydrogen) atoms. The molecule has 1 atom stereocenters. The Kier molecular flexibility index (Phi) is 7.49. The molecule has 0 spiro atoms. The van der Waals surface area contributed by atoms with Crippen molar-refractivity contribution in [2.75, 3.05) is 40.9 Å². The summed E-state index contributed by atoms with van der Waals surface area (Å²) in [5.41, 5.74) is 0.0849.